The molecule has 2 aromatic carbocycles. The zero-order valence-corrected chi connectivity index (χ0v) is 14.6. The van der Waals surface area contributed by atoms with Crippen LogP contribution in [0.4, 0.5) is 0 Å². The maximum atomic E-state index is 11.7. The molecule has 0 bridgehead atoms. The molecule has 3 rings (SSSR count). The van der Waals surface area contributed by atoms with E-state index < -0.39 is 0 Å². The molecule has 0 atom stereocenters. The molecule has 0 saturated heterocycles. The lowest BCUT2D eigenvalue weighted by molar-refractivity contribution is -0.111. The predicted molar refractivity (Wildman–Crippen MR) is 97.9 cm³/mol. The summed E-state index contributed by atoms with van der Waals surface area (Å²) in [5, 5.41) is 4.44. The van der Waals surface area contributed by atoms with E-state index in [1.807, 2.05) is 56.3 Å². The van der Waals surface area contributed by atoms with Gasteiger partial charge in [-0.2, -0.15) is 0 Å². The van der Waals surface area contributed by atoms with Crippen molar-refractivity contribution in [3.8, 4) is 22.4 Å². The highest BCUT2D eigenvalue weighted by atomic mass is 32.2. The van der Waals surface area contributed by atoms with Gasteiger partial charge < -0.3 is 4.52 Å². The van der Waals surface area contributed by atoms with Crippen LogP contribution in [0, 0.1) is 6.92 Å². The van der Waals surface area contributed by atoms with Crippen LogP contribution < -0.4 is 0 Å². The second kappa shape index (κ2) is 7.49. The van der Waals surface area contributed by atoms with Crippen molar-refractivity contribution in [3.63, 3.8) is 0 Å². The highest BCUT2D eigenvalue weighted by Gasteiger charge is 2.16. The number of nitrogens with zero attached hydrogens (tertiary/aromatic N) is 1. The van der Waals surface area contributed by atoms with Crippen LogP contribution in [-0.4, -0.2) is 10.3 Å². The smallest absolute Gasteiger partial charge is 0.193 e. The molecule has 4 heteroatoms. The molecule has 1 aromatic heterocycles. The maximum absolute atomic E-state index is 11.7. The number of rotatable bonds is 5. The molecule has 0 aliphatic carbocycles. The first kappa shape index (κ1) is 16.5. The molecule has 0 unspecified atom stereocenters. The predicted octanol–water partition coefficient (Wildman–Crippen LogP) is 5.74. The first-order valence-electron chi connectivity index (χ1n) is 8.02. The minimum atomic E-state index is 0.201. The van der Waals surface area contributed by atoms with E-state index in [-0.39, 0.29) is 5.12 Å². The van der Waals surface area contributed by atoms with Gasteiger partial charge in [-0.05, 0) is 31.0 Å². The van der Waals surface area contributed by atoms with Crippen molar-refractivity contribution >= 4 is 16.9 Å². The highest BCUT2D eigenvalue weighted by molar-refractivity contribution is 8.13. The minimum absolute atomic E-state index is 0.201. The van der Waals surface area contributed by atoms with E-state index in [9.17, 15) is 4.79 Å². The Morgan fingerprint density at radius 3 is 2.42 bits per heavy atom. The van der Waals surface area contributed by atoms with Crippen molar-refractivity contribution in [1.29, 1.82) is 0 Å². The fourth-order valence-electron chi connectivity index (χ4n) is 2.58. The van der Waals surface area contributed by atoms with Gasteiger partial charge >= 0.3 is 0 Å². The standard InChI is InChI=1S/C20H19NO2S/c1-3-7-18(22)24-17-12-10-16(11-13-17)20-19(14(2)23-21-20)15-8-5-4-6-9-15/h4-6,8-13H,3,7H2,1-2H3. The van der Waals surface area contributed by atoms with Gasteiger partial charge in [-0.3, -0.25) is 4.79 Å². The molecule has 3 aromatic rings. The molecule has 0 spiro atoms. The SMILES string of the molecule is CCCC(=O)Sc1ccc(-c2noc(C)c2-c2ccccc2)cc1. The molecular formula is C20H19NO2S. The van der Waals surface area contributed by atoms with Crippen LogP contribution in [0.3, 0.4) is 0 Å². The molecule has 0 fully saturated rings. The Morgan fingerprint density at radius 2 is 1.75 bits per heavy atom. The Hall–Kier alpha value is -2.33. The van der Waals surface area contributed by atoms with Gasteiger partial charge in [-0.15, -0.1) is 0 Å². The number of benzene rings is 2. The number of hydrogen-bond donors (Lipinski definition) is 0. The fraction of sp³-hybridized carbons (Fsp3) is 0.200. The van der Waals surface area contributed by atoms with E-state index >= 15 is 0 Å². The molecule has 0 saturated carbocycles. The van der Waals surface area contributed by atoms with Crippen molar-refractivity contribution in [1.82, 2.24) is 5.16 Å². The van der Waals surface area contributed by atoms with Crippen molar-refractivity contribution in [3.05, 3.63) is 60.4 Å². The second-order valence-corrected chi connectivity index (χ2v) is 6.71. The zero-order valence-electron chi connectivity index (χ0n) is 13.8. The lowest BCUT2D eigenvalue weighted by Crippen LogP contribution is -1.89. The van der Waals surface area contributed by atoms with Crippen LogP contribution in [0.5, 0.6) is 0 Å². The van der Waals surface area contributed by atoms with E-state index in [0.29, 0.717) is 6.42 Å². The second-order valence-electron chi connectivity index (χ2n) is 5.58. The van der Waals surface area contributed by atoms with Gasteiger partial charge in [0.15, 0.2) is 5.12 Å². The molecule has 0 radical (unpaired) electrons. The summed E-state index contributed by atoms with van der Waals surface area (Å²) in [5.41, 5.74) is 3.91. The van der Waals surface area contributed by atoms with Gasteiger partial charge in [0, 0.05) is 16.9 Å². The lowest BCUT2D eigenvalue weighted by atomic mass is 10.00. The summed E-state index contributed by atoms with van der Waals surface area (Å²) in [7, 11) is 0. The molecule has 0 aliphatic rings. The first-order chi connectivity index (χ1) is 11.7. The topological polar surface area (TPSA) is 43.1 Å². The summed E-state index contributed by atoms with van der Waals surface area (Å²) < 4.78 is 5.42. The van der Waals surface area contributed by atoms with Crippen LogP contribution in [0.15, 0.2) is 64.0 Å². The van der Waals surface area contributed by atoms with Gasteiger partial charge in [0.25, 0.3) is 0 Å². The summed E-state index contributed by atoms with van der Waals surface area (Å²) >= 11 is 1.30. The third-order valence-corrected chi connectivity index (χ3v) is 4.68. The monoisotopic (exact) mass is 337 g/mol. The van der Waals surface area contributed by atoms with Crippen molar-refractivity contribution < 1.29 is 9.32 Å². The highest BCUT2D eigenvalue weighted by Crippen LogP contribution is 2.35. The molecule has 0 aliphatic heterocycles. The summed E-state index contributed by atoms with van der Waals surface area (Å²) in [6.07, 6.45) is 1.48. The molecule has 24 heavy (non-hydrogen) atoms. The van der Waals surface area contributed by atoms with E-state index in [2.05, 4.69) is 17.3 Å². The van der Waals surface area contributed by atoms with Crippen molar-refractivity contribution in [2.24, 2.45) is 0 Å². The summed E-state index contributed by atoms with van der Waals surface area (Å²) in [4.78, 5) is 12.7. The van der Waals surface area contributed by atoms with Crippen LogP contribution in [0.25, 0.3) is 22.4 Å². The Balaban J connectivity index is 1.89. The molecular weight excluding hydrogens is 318 g/mol. The van der Waals surface area contributed by atoms with Crippen LogP contribution in [-0.2, 0) is 4.79 Å². The number of aryl methyl sites for hydroxylation is 1. The Kier molecular flexibility index (Phi) is 5.16. The maximum Gasteiger partial charge on any atom is 0.193 e. The van der Waals surface area contributed by atoms with E-state index in [0.717, 1.165) is 39.5 Å². The van der Waals surface area contributed by atoms with Crippen molar-refractivity contribution in [2.75, 3.05) is 0 Å². The minimum Gasteiger partial charge on any atom is -0.360 e. The number of thioether (sulfide) groups is 1. The largest absolute Gasteiger partial charge is 0.360 e. The number of carbonyl (C=O) groups excluding carboxylic acids is 1. The number of carbonyl (C=O) groups is 1. The van der Waals surface area contributed by atoms with Crippen molar-refractivity contribution in [2.45, 2.75) is 31.6 Å². The third-order valence-electron chi connectivity index (χ3n) is 3.74. The molecule has 1 heterocycles. The Labute approximate surface area is 146 Å². The normalized spacial score (nSPS) is 10.8. The van der Waals surface area contributed by atoms with E-state index in [1.54, 1.807) is 0 Å². The van der Waals surface area contributed by atoms with E-state index in [4.69, 9.17) is 4.52 Å². The average molecular weight is 337 g/mol. The molecule has 3 nitrogen and oxygen atoms in total. The van der Waals surface area contributed by atoms with Gasteiger partial charge in [0.1, 0.15) is 11.5 Å². The lowest BCUT2D eigenvalue weighted by Gasteiger charge is -2.04. The Morgan fingerprint density at radius 1 is 1.04 bits per heavy atom. The molecule has 0 N–H and O–H groups in total. The molecule has 122 valence electrons. The van der Waals surface area contributed by atoms with Gasteiger partial charge in [-0.1, -0.05) is 66.3 Å². The summed E-state index contributed by atoms with van der Waals surface area (Å²) in [6.45, 7) is 3.94. The number of hydrogen-bond acceptors (Lipinski definition) is 4. The van der Waals surface area contributed by atoms with Gasteiger partial charge in [0.05, 0.1) is 5.56 Å². The third kappa shape index (κ3) is 3.60. The first-order valence-corrected chi connectivity index (χ1v) is 8.83. The quantitative estimate of drug-likeness (QED) is 0.557. The fourth-order valence-corrected chi connectivity index (χ4v) is 3.42. The van der Waals surface area contributed by atoms with Crippen LogP contribution in [0.1, 0.15) is 25.5 Å². The Bertz CT molecular complexity index is 823. The average Bonchev–Trinajstić information content (AvgIpc) is 2.98. The van der Waals surface area contributed by atoms with Gasteiger partial charge in [0.2, 0.25) is 0 Å². The van der Waals surface area contributed by atoms with E-state index in [1.165, 1.54) is 11.8 Å². The summed E-state index contributed by atoms with van der Waals surface area (Å²) in [6, 6.07) is 18.0. The zero-order chi connectivity index (χ0) is 16.9. The molecule has 0 amide bonds. The van der Waals surface area contributed by atoms with Crippen LogP contribution in [0.2, 0.25) is 0 Å². The summed E-state index contributed by atoms with van der Waals surface area (Å²) in [5.74, 6) is 0.799. The van der Waals surface area contributed by atoms with Crippen LogP contribution >= 0.6 is 11.8 Å². The number of aromatic nitrogens is 1. The van der Waals surface area contributed by atoms with Gasteiger partial charge in [-0.25, -0.2) is 0 Å².